The average molecular weight is 307 g/mol. The van der Waals surface area contributed by atoms with Gasteiger partial charge in [0.05, 0.1) is 24.5 Å². The van der Waals surface area contributed by atoms with Crippen molar-refractivity contribution in [3.05, 3.63) is 18.0 Å². The number of anilines is 1. The van der Waals surface area contributed by atoms with Crippen LogP contribution in [0.2, 0.25) is 0 Å². The number of carbonyl (C=O) groups excluding carboxylic acids is 1. The summed E-state index contributed by atoms with van der Waals surface area (Å²) in [6.45, 7) is 3.86. The molecule has 1 amide bonds. The van der Waals surface area contributed by atoms with E-state index in [1.807, 2.05) is 19.3 Å². The number of ketones is 1. The molecule has 1 saturated heterocycles. The van der Waals surface area contributed by atoms with Crippen LogP contribution in [0.15, 0.2) is 12.4 Å². The van der Waals surface area contributed by atoms with Crippen LogP contribution in [0.3, 0.4) is 0 Å². The summed E-state index contributed by atoms with van der Waals surface area (Å²) in [5, 5.41) is 12.3. The number of carbonyl (C=O) groups is 2. The molecular weight excluding hydrogens is 286 g/mol. The van der Waals surface area contributed by atoms with Gasteiger partial charge in [-0.3, -0.25) is 4.79 Å². The number of Topliss-reactive ketones (excluding diaryl/α,β-unsaturated/α-hetero) is 1. The van der Waals surface area contributed by atoms with Gasteiger partial charge in [0.1, 0.15) is 6.10 Å². The fourth-order valence-electron chi connectivity index (χ4n) is 3.22. The Hall–Kier alpha value is -2.18. The number of carboxylic acid groups (broad SMARTS) is 1. The van der Waals surface area contributed by atoms with Gasteiger partial charge in [0, 0.05) is 18.7 Å². The van der Waals surface area contributed by atoms with Crippen LogP contribution in [0, 0.1) is 0 Å². The van der Waals surface area contributed by atoms with Crippen molar-refractivity contribution < 1.29 is 19.5 Å². The molecule has 0 spiro atoms. The normalized spacial score (nSPS) is 27.2. The highest BCUT2D eigenvalue weighted by atomic mass is 16.7. The maximum atomic E-state index is 11.5. The maximum absolute atomic E-state index is 11.5. The Morgan fingerprint density at radius 3 is 2.82 bits per heavy atom. The van der Waals surface area contributed by atoms with Crippen molar-refractivity contribution in [3.63, 3.8) is 0 Å². The van der Waals surface area contributed by atoms with Crippen LogP contribution in [0.5, 0.6) is 0 Å². The Kier molecular flexibility index (Phi) is 3.72. The van der Waals surface area contributed by atoms with Crippen LogP contribution in [-0.4, -0.2) is 51.3 Å². The molecule has 7 nitrogen and oxygen atoms in total. The van der Waals surface area contributed by atoms with E-state index in [0.29, 0.717) is 13.0 Å². The number of fused-ring (bicyclic) bond motifs is 1. The molecule has 1 fully saturated rings. The average Bonchev–Trinajstić information content (AvgIpc) is 3.00. The van der Waals surface area contributed by atoms with Crippen molar-refractivity contribution in [1.29, 1.82) is 0 Å². The van der Waals surface area contributed by atoms with Crippen molar-refractivity contribution in [1.82, 2.24) is 9.63 Å². The van der Waals surface area contributed by atoms with Gasteiger partial charge >= 0.3 is 6.09 Å². The molecule has 120 valence electrons. The van der Waals surface area contributed by atoms with Crippen molar-refractivity contribution in [2.45, 2.75) is 51.3 Å². The molecule has 1 unspecified atom stereocenters. The molecule has 1 aromatic rings. The van der Waals surface area contributed by atoms with E-state index in [1.165, 1.54) is 4.90 Å². The Balaban J connectivity index is 1.66. The molecular formula is C15H21N3O4. The van der Waals surface area contributed by atoms with E-state index >= 15 is 0 Å². The van der Waals surface area contributed by atoms with E-state index < -0.39 is 6.09 Å². The predicted octanol–water partition coefficient (Wildman–Crippen LogP) is 1.37. The Morgan fingerprint density at radius 2 is 2.18 bits per heavy atom. The monoisotopic (exact) mass is 307 g/mol. The molecule has 0 aromatic carbocycles. The van der Waals surface area contributed by atoms with Gasteiger partial charge in [0.2, 0.25) is 0 Å². The molecule has 3 heterocycles. The summed E-state index contributed by atoms with van der Waals surface area (Å²) in [6, 6.07) is -0.162. The first-order valence-electron chi connectivity index (χ1n) is 7.58. The van der Waals surface area contributed by atoms with Gasteiger partial charge in [-0.2, -0.15) is 4.73 Å². The summed E-state index contributed by atoms with van der Waals surface area (Å²) in [5.41, 5.74) is 2.05. The van der Waals surface area contributed by atoms with E-state index in [2.05, 4.69) is 5.32 Å². The second-order valence-electron chi connectivity index (χ2n) is 6.15. The van der Waals surface area contributed by atoms with Gasteiger partial charge in [-0.15, -0.1) is 0 Å². The second kappa shape index (κ2) is 5.55. The first-order valence-corrected chi connectivity index (χ1v) is 7.58. The zero-order valence-electron chi connectivity index (χ0n) is 12.8. The van der Waals surface area contributed by atoms with E-state index in [9.17, 15) is 9.59 Å². The molecule has 1 aromatic heterocycles. The van der Waals surface area contributed by atoms with E-state index in [4.69, 9.17) is 9.94 Å². The fourth-order valence-corrected chi connectivity index (χ4v) is 3.22. The first-order chi connectivity index (χ1) is 10.4. The minimum atomic E-state index is -0.906. The number of hydrogen-bond donors (Lipinski definition) is 2. The molecule has 0 bridgehead atoms. The molecule has 0 saturated carbocycles. The number of aryl methyl sites for hydroxylation is 1. The molecule has 3 rings (SSSR count). The summed E-state index contributed by atoms with van der Waals surface area (Å²) in [4.78, 5) is 29.8. The third kappa shape index (κ3) is 2.75. The second-order valence-corrected chi connectivity index (χ2v) is 6.15. The number of aromatic nitrogens is 1. The van der Waals surface area contributed by atoms with Crippen LogP contribution >= 0.6 is 0 Å². The van der Waals surface area contributed by atoms with Gasteiger partial charge in [0.15, 0.2) is 5.78 Å². The quantitative estimate of drug-likeness (QED) is 0.881. The summed E-state index contributed by atoms with van der Waals surface area (Å²) >= 11 is 0. The standard InChI is InChI=1S/C15H21N3O4/c1-9-5-12(7-18(9)15(20)21)22-17-6-11-3-4-13(10(2)19)16-14(11)8-17/h6,8-9,12-13,16H,3-5,7H2,1-2H3,(H,20,21)/t9-,12+,13?/m0/s1. The van der Waals surface area contributed by atoms with Crippen molar-refractivity contribution in [2.75, 3.05) is 11.9 Å². The Labute approximate surface area is 128 Å². The third-order valence-electron chi connectivity index (χ3n) is 4.46. The van der Waals surface area contributed by atoms with Crippen molar-refractivity contribution >= 4 is 17.6 Å². The van der Waals surface area contributed by atoms with Gasteiger partial charge in [-0.1, -0.05) is 0 Å². The molecule has 0 radical (unpaired) electrons. The third-order valence-corrected chi connectivity index (χ3v) is 4.46. The minimum absolute atomic E-state index is 0.0343. The molecule has 2 N–H and O–H groups in total. The molecule has 0 aliphatic carbocycles. The van der Waals surface area contributed by atoms with Gasteiger partial charge in [0.25, 0.3) is 0 Å². The lowest BCUT2D eigenvalue weighted by Gasteiger charge is -2.21. The van der Waals surface area contributed by atoms with Crippen LogP contribution in [0.4, 0.5) is 10.5 Å². The highest BCUT2D eigenvalue weighted by Gasteiger charge is 2.34. The fraction of sp³-hybridized carbons (Fsp3) is 0.600. The molecule has 3 atom stereocenters. The van der Waals surface area contributed by atoms with E-state index in [0.717, 1.165) is 24.1 Å². The smallest absolute Gasteiger partial charge is 0.407 e. The predicted molar refractivity (Wildman–Crippen MR) is 80.0 cm³/mol. The lowest BCUT2D eigenvalue weighted by atomic mass is 9.99. The van der Waals surface area contributed by atoms with E-state index in [-0.39, 0.29) is 24.0 Å². The maximum Gasteiger partial charge on any atom is 0.407 e. The van der Waals surface area contributed by atoms with Crippen molar-refractivity contribution in [3.8, 4) is 0 Å². The van der Waals surface area contributed by atoms with Gasteiger partial charge in [-0.25, -0.2) is 4.79 Å². The lowest BCUT2D eigenvalue weighted by molar-refractivity contribution is -0.117. The summed E-state index contributed by atoms with van der Waals surface area (Å²) in [5.74, 6) is 0.140. The number of nitrogens with zero attached hydrogens (tertiary/aromatic N) is 2. The zero-order valence-corrected chi connectivity index (χ0v) is 12.8. The van der Waals surface area contributed by atoms with Gasteiger partial charge in [-0.05, 0) is 32.3 Å². The van der Waals surface area contributed by atoms with Crippen LogP contribution < -0.4 is 10.2 Å². The number of likely N-dealkylation sites (tertiary alicyclic amines) is 1. The Morgan fingerprint density at radius 1 is 1.41 bits per heavy atom. The lowest BCUT2D eigenvalue weighted by Crippen LogP contribution is -2.34. The topological polar surface area (TPSA) is 83.8 Å². The molecule has 7 heteroatoms. The first kappa shape index (κ1) is 14.7. The largest absolute Gasteiger partial charge is 0.465 e. The molecule has 22 heavy (non-hydrogen) atoms. The van der Waals surface area contributed by atoms with Crippen molar-refractivity contribution in [2.24, 2.45) is 0 Å². The number of rotatable bonds is 3. The zero-order chi connectivity index (χ0) is 15.9. The van der Waals surface area contributed by atoms with Crippen LogP contribution in [0.25, 0.3) is 0 Å². The van der Waals surface area contributed by atoms with Gasteiger partial charge < -0.3 is 20.2 Å². The minimum Gasteiger partial charge on any atom is -0.465 e. The summed E-state index contributed by atoms with van der Waals surface area (Å²) < 4.78 is 1.64. The highest BCUT2D eigenvalue weighted by molar-refractivity contribution is 5.85. The highest BCUT2D eigenvalue weighted by Crippen LogP contribution is 2.26. The number of hydrogen-bond acceptors (Lipinski definition) is 4. The van der Waals surface area contributed by atoms with E-state index in [1.54, 1.807) is 11.7 Å². The molecule has 2 aliphatic rings. The number of nitrogens with one attached hydrogen (secondary N) is 1. The van der Waals surface area contributed by atoms with Crippen LogP contribution in [-0.2, 0) is 11.2 Å². The van der Waals surface area contributed by atoms with Crippen LogP contribution in [0.1, 0.15) is 32.3 Å². The summed E-state index contributed by atoms with van der Waals surface area (Å²) in [6.07, 6.45) is 4.99. The molecule has 2 aliphatic heterocycles. The SMILES string of the molecule is CC(=O)C1CCc2cn(O[C@@H]3C[C@H](C)N(C(=O)O)C3)cc2N1. The number of amides is 1. The summed E-state index contributed by atoms with van der Waals surface area (Å²) in [7, 11) is 0. The Bertz CT molecular complexity index is 598.